The fraction of sp³-hybridized carbons (Fsp3) is 0.259. The van der Waals surface area contributed by atoms with Crippen LogP contribution in [-0.2, 0) is 14.3 Å². The summed E-state index contributed by atoms with van der Waals surface area (Å²) in [7, 11) is 1.25. The van der Waals surface area contributed by atoms with Crippen LogP contribution in [0.4, 0.5) is 5.13 Å². The molecule has 0 spiro atoms. The summed E-state index contributed by atoms with van der Waals surface area (Å²) < 4.78 is 10.5. The van der Waals surface area contributed by atoms with Gasteiger partial charge in [-0.05, 0) is 61.7 Å². The number of thiazole rings is 1. The van der Waals surface area contributed by atoms with E-state index in [4.69, 9.17) is 21.1 Å². The van der Waals surface area contributed by atoms with E-state index in [1.54, 1.807) is 56.3 Å². The minimum absolute atomic E-state index is 0.106. The summed E-state index contributed by atoms with van der Waals surface area (Å²) >= 11 is 7.19. The first-order valence-electron chi connectivity index (χ1n) is 11.5. The van der Waals surface area contributed by atoms with Crippen molar-refractivity contribution in [2.24, 2.45) is 0 Å². The topological polar surface area (TPSA) is 106 Å². The molecule has 1 aromatic heterocycles. The van der Waals surface area contributed by atoms with Gasteiger partial charge in [0.05, 0.1) is 31.0 Å². The van der Waals surface area contributed by atoms with E-state index >= 15 is 0 Å². The van der Waals surface area contributed by atoms with Crippen molar-refractivity contribution in [1.82, 2.24) is 4.98 Å². The zero-order valence-electron chi connectivity index (χ0n) is 20.7. The number of aliphatic hydroxyl groups excluding tert-OH is 1. The summed E-state index contributed by atoms with van der Waals surface area (Å²) in [6, 6.07) is 10.8. The minimum atomic E-state index is -1.02. The van der Waals surface area contributed by atoms with E-state index in [1.165, 1.54) is 12.0 Å². The van der Waals surface area contributed by atoms with Gasteiger partial charge in [0.1, 0.15) is 16.4 Å². The van der Waals surface area contributed by atoms with Gasteiger partial charge in [0.2, 0.25) is 0 Å². The number of amides is 1. The van der Waals surface area contributed by atoms with Gasteiger partial charge >= 0.3 is 11.9 Å². The van der Waals surface area contributed by atoms with Gasteiger partial charge in [-0.2, -0.15) is 0 Å². The molecule has 1 aliphatic rings. The first kappa shape index (κ1) is 26.4. The molecule has 1 unspecified atom stereocenters. The normalized spacial score (nSPS) is 16.8. The molecule has 37 heavy (non-hydrogen) atoms. The third-order valence-corrected chi connectivity index (χ3v) is 7.27. The van der Waals surface area contributed by atoms with Crippen LogP contribution in [0, 0.1) is 13.8 Å². The third-order valence-electron chi connectivity index (χ3n) is 5.90. The summed E-state index contributed by atoms with van der Waals surface area (Å²) in [5, 5.41) is 11.9. The van der Waals surface area contributed by atoms with Crippen molar-refractivity contribution in [3.05, 3.63) is 80.3 Å². The molecule has 1 N–H and O–H groups in total. The van der Waals surface area contributed by atoms with E-state index < -0.39 is 23.7 Å². The van der Waals surface area contributed by atoms with E-state index in [9.17, 15) is 19.5 Å². The highest BCUT2D eigenvalue weighted by atomic mass is 35.5. The molecule has 3 aromatic rings. The lowest BCUT2D eigenvalue weighted by atomic mass is 9.94. The van der Waals surface area contributed by atoms with Crippen LogP contribution in [0.25, 0.3) is 5.76 Å². The number of esters is 1. The number of aliphatic hydroxyl groups is 1. The highest BCUT2D eigenvalue weighted by Crippen LogP contribution is 2.44. The van der Waals surface area contributed by atoms with Crippen molar-refractivity contribution in [1.29, 1.82) is 0 Å². The van der Waals surface area contributed by atoms with Crippen LogP contribution in [0.3, 0.4) is 0 Å². The number of anilines is 1. The maximum absolute atomic E-state index is 13.4. The highest BCUT2D eigenvalue weighted by Gasteiger charge is 2.48. The smallest absolute Gasteiger partial charge is 0.350 e. The molecule has 0 saturated carbocycles. The van der Waals surface area contributed by atoms with Gasteiger partial charge < -0.3 is 14.6 Å². The number of rotatable bonds is 7. The number of ether oxygens (including phenoxy) is 2. The lowest BCUT2D eigenvalue weighted by Crippen LogP contribution is -2.29. The molecule has 4 rings (SSSR count). The summed E-state index contributed by atoms with van der Waals surface area (Å²) in [4.78, 5) is 44.7. The zero-order chi connectivity index (χ0) is 26.9. The van der Waals surface area contributed by atoms with Gasteiger partial charge in [-0.25, -0.2) is 9.78 Å². The molecular formula is C27H25ClN2O6S. The number of ketones is 1. The fourth-order valence-electron chi connectivity index (χ4n) is 4.15. The van der Waals surface area contributed by atoms with E-state index in [0.717, 1.165) is 17.8 Å². The number of carbonyl (C=O) groups is 3. The van der Waals surface area contributed by atoms with Gasteiger partial charge in [0, 0.05) is 10.6 Å². The number of methoxy groups -OCH3 is 1. The van der Waals surface area contributed by atoms with Gasteiger partial charge in [0.25, 0.3) is 5.78 Å². The average Bonchev–Trinajstić information content (AvgIpc) is 3.38. The second kappa shape index (κ2) is 10.7. The Balaban J connectivity index is 1.90. The van der Waals surface area contributed by atoms with Crippen molar-refractivity contribution in [2.75, 3.05) is 18.6 Å². The number of nitrogens with zero attached hydrogens (tertiary/aromatic N) is 2. The Morgan fingerprint density at radius 1 is 1.19 bits per heavy atom. The van der Waals surface area contributed by atoms with Crippen LogP contribution in [0.2, 0.25) is 5.02 Å². The van der Waals surface area contributed by atoms with Crippen molar-refractivity contribution in [3.63, 3.8) is 0 Å². The summed E-state index contributed by atoms with van der Waals surface area (Å²) in [6.45, 7) is 5.94. The Morgan fingerprint density at radius 2 is 1.95 bits per heavy atom. The van der Waals surface area contributed by atoms with Crippen LogP contribution in [-0.4, -0.2) is 41.5 Å². The molecule has 1 saturated heterocycles. The fourth-order valence-corrected chi connectivity index (χ4v) is 5.36. The Morgan fingerprint density at radius 3 is 2.59 bits per heavy atom. The van der Waals surface area contributed by atoms with Crippen LogP contribution >= 0.6 is 22.9 Å². The van der Waals surface area contributed by atoms with Crippen LogP contribution in [0.15, 0.2) is 48.0 Å². The molecule has 1 aliphatic heterocycles. The van der Waals surface area contributed by atoms with Crippen molar-refractivity contribution >= 4 is 51.5 Å². The Hall–Kier alpha value is -3.69. The van der Waals surface area contributed by atoms with E-state index in [1.807, 2.05) is 6.92 Å². The number of Topliss-reactive ketones (excluding diaryl/α,β-unsaturated/α-hetero) is 1. The predicted molar refractivity (Wildman–Crippen MR) is 141 cm³/mol. The van der Waals surface area contributed by atoms with Gasteiger partial charge in [-0.1, -0.05) is 42.0 Å². The molecule has 1 atom stereocenters. The molecule has 1 fully saturated rings. The number of hydrogen-bond donors (Lipinski definition) is 1. The van der Waals surface area contributed by atoms with Gasteiger partial charge in [-0.15, -0.1) is 0 Å². The van der Waals surface area contributed by atoms with Gasteiger partial charge in [0.15, 0.2) is 5.13 Å². The molecule has 0 aliphatic carbocycles. The number of aryl methyl sites for hydroxylation is 2. The first-order valence-corrected chi connectivity index (χ1v) is 12.7. The SMILES string of the molecule is CCCOc1ccc(/C(O)=C2\C(=O)C(=O)N(c3nc(C)c(C(=O)OC)s3)C2c2cccc(Cl)c2)c(C)c1. The molecule has 8 nitrogen and oxygen atoms in total. The van der Waals surface area contributed by atoms with E-state index in [0.29, 0.717) is 39.8 Å². The molecule has 10 heteroatoms. The summed E-state index contributed by atoms with van der Waals surface area (Å²) in [6.07, 6.45) is 0.845. The summed E-state index contributed by atoms with van der Waals surface area (Å²) in [5.41, 5.74) is 1.81. The molecule has 192 valence electrons. The monoisotopic (exact) mass is 540 g/mol. The lowest BCUT2D eigenvalue weighted by molar-refractivity contribution is -0.132. The van der Waals surface area contributed by atoms with E-state index in [-0.39, 0.29) is 21.3 Å². The second-order valence-corrected chi connectivity index (χ2v) is 9.87. The van der Waals surface area contributed by atoms with Crippen LogP contribution in [0.1, 0.15) is 51.4 Å². The van der Waals surface area contributed by atoms with Gasteiger partial charge in [-0.3, -0.25) is 14.5 Å². The number of hydrogen-bond acceptors (Lipinski definition) is 8. The largest absolute Gasteiger partial charge is 0.507 e. The molecule has 1 amide bonds. The molecule has 0 bridgehead atoms. The maximum Gasteiger partial charge on any atom is 0.350 e. The predicted octanol–water partition coefficient (Wildman–Crippen LogP) is 5.62. The van der Waals surface area contributed by atoms with Crippen LogP contribution < -0.4 is 9.64 Å². The highest BCUT2D eigenvalue weighted by molar-refractivity contribution is 7.17. The first-order chi connectivity index (χ1) is 17.7. The van der Waals surface area contributed by atoms with Crippen molar-refractivity contribution in [3.8, 4) is 5.75 Å². The van der Waals surface area contributed by atoms with Crippen LogP contribution in [0.5, 0.6) is 5.75 Å². The molecule has 2 heterocycles. The minimum Gasteiger partial charge on any atom is -0.507 e. The lowest BCUT2D eigenvalue weighted by Gasteiger charge is -2.23. The molecular weight excluding hydrogens is 516 g/mol. The Bertz CT molecular complexity index is 1430. The summed E-state index contributed by atoms with van der Waals surface area (Å²) in [5.74, 6) is -2.04. The second-order valence-electron chi connectivity index (χ2n) is 8.45. The quantitative estimate of drug-likeness (QED) is 0.179. The Labute approximate surface area is 223 Å². The standard InChI is InChI=1S/C27H25ClN2O6S/c1-5-11-36-18-9-10-19(14(2)12-18)22(31)20-21(16-7-6-8-17(28)13-16)30(25(33)23(20)32)27-29-15(3)24(37-27)26(34)35-4/h6-10,12-13,21,31H,5,11H2,1-4H3/b22-20+. The van der Waals surface area contributed by atoms with E-state index in [2.05, 4.69) is 4.98 Å². The number of carbonyl (C=O) groups excluding carboxylic acids is 3. The third kappa shape index (κ3) is 4.97. The Kier molecular flexibility index (Phi) is 7.65. The van der Waals surface area contributed by atoms with Crippen molar-refractivity contribution in [2.45, 2.75) is 33.2 Å². The molecule has 0 radical (unpaired) electrons. The number of benzene rings is 2. The van der Waals surface area contributed by atoms with Crippen molar-refractivity contribution < 1.29 is 29.0 Å². The number of aromatic nitrogens is 1. The zero-order valence-corrected chi connectivity index (χ0v) is 22.3. The molecule has 2 aromatic carbocycles. The maximum atomic E-state index is 13.4. The average molecular weight is 541 g/mol. The number of halogens is 1.